The molecule has 0 spiro atoms. The lowest BCUT2D eigenvalue weighted by atomic mass is 10.2. The molecule has 0 aromatic heterocycles. The Hall–Kier alpha value is -0.890. The van der Waals surface area contributed by atoms with E-state index < -0.39 is 0 Å². The Balaban J connectivity index is 0. The van der Waals surface area contributed by atoms with Gasteiger partial charge < -0.3 is 4.90 Å². The first-order valence-electron chi connectivity index (χ1n) is 5.53. The molecule has 88 valence electrons. The van der Waals surface area contributed by atoms with Crippen molar-refractivity contribution < 1.29 is 0 Å². The van der Waals surface area contributed by atoms with E-state index in [1.165, 1.54) is 5.57 Å². The van der Waals surface area contributed by atoms with Crippen molar-refractivity contribution >= 4 is 6.72 Å². The van der Waals surface area contributed by atoms with E-state index >= 15 is 0 Å². The third-order valence-corrected chi connectivity index (χ3v) is 2.04. The van der Waals surface area contributed by atoms with Crippen LogP contribution in [0.25, 0.3) is 0 Å². The minimum atomic E-state index is 0.852. The summed E-state index contributed by atoms with van der Waals surface area (Å²) in [7, 11) is 2.07. The van der Waals surface area contributed by atoms with Crippen molar-refractivity contribution in [3.8, 4) is 0 Å². The zero-order valence-corrected chi connectivity index (χ0v) is 10.8. The van der Waals surface area contributed by atoms with Gasteiger partial charge in [-0.15, -0.1) is 0 Å². The van der Waals surface area contributed by atoms with Gasteiger partial charge in [-0.25, -0.2) is 0 Å². The third kappa shape index (κ3) is 15.8. The number of allylic oxidation sites excluding steroid dienone is 3. The summed E-state index contributed by atoms with van der Waals surface area (Å²) in [6.07, 6.45) is 5.09. The Morgan fingerprint density at radius 2 is 2.00 bits per heavy atom. The first-order chi connectivity index (χ1) is 7.12. The van der Waals surface area contributed by atoms with Crippen LogP contribution in [-0.4, -0.2) is 38.3 Å². The van der Waals surface area contributed by atoms with Crippen LogP contribution >= 0.6 is 0 Å². The van der Waals surface area contributed by atoms with Crippen LogP contribution in [-0.2, 0) is 0 Å². The van der Waals surface area contributed by atoms with Crippen LogP contribution in [0.5, 0.6) is 0 Å². The zero-order valence-electron chi connectivity index (χ0n) is 10.8. The predicted octanol–water partition coefficient (Wildman–Crippen LogP) is 3.17. The minimum Gasteiger partial charge on any atom is -0.305 e. The summed E-state index contributed by atoms with van der Waals surface area (Å²) >= 11 is 0. The van der Waals surface area contributed by atoms with Gasteiger partial charge in [-0.1, -0.05) is 38.2 Å². The van der Waals surface area contributed by atoms with Crippen molar-refractivity contribution in [3.63, 3.8) is 0 Å². The number of rotatable bonds is 6. The van der Waals surface area contributed by atoms with E-state index in [9.17, 15) is 0 Å². The number of hydrogen-bond acceptors (Lipinski definition) is 2. The Morgan fingerprint density at radius 1 is 1.40 bits per heavy atom. The fraction of sp³-hybridized carbons (Fsp3) is 0.615. The first-order valence-corrected chi connectivity index (χ1v) is 5.53. The lowest BCUT2D eigenvalue weighted by Gasteiger charge is -2.10. The summed E-state index contributed by atoms with van der Waals surface area (Å²) in [5.74, 6) is 0. The van der Waals surface area contributed by atoms with Crippen LogP contribution < -0.4 is 0 Å². The summed E-state index contributed by atoms with van der Waals surface area (Å²) in [5.41, 5.74) is 1.20. The molecule has 0 bridgehead atoms. The molecule has 0 N–H and O–H groups in total. The standard InChI is InChI=1S/C7H12.C6H14N2/c1-4-6-7(3)5-2;1-4-8(3)6-5-7-2/h4,6H,3,5H2,1-2H3;2,4-6H2,1,3H3/b6-4-;. The summed E-state index contributed by atoms with van der Waals surface area (Å²) in [6.45, 7) is 16.4. The Kier molecular flexibility index (Phi) is 14.5. The van der Waals surface area contributed by atoms with E-state index in [-0.39, 0.29) is 0 Å². The molecule has 0 atom stereocenters. The Morgan fingerprint density at radius 3 is 2.27 bits per heavy atom. The molecule has 0 aliphatic heterocycles. The maximum absolute atomic E-state index is 3.78. The van der Waals surface area contributed by atoms with Gasteiger partial charge in [-0.05, 0) is 33.7 Å². The van der Waals surface area contributed by atoms with Crippen molar-refractivity contribution in [3.05, 3.63) is 24.3 Å². The van der Waals surface area contributed by atoms with Crippen molar-refractivity contribution in [2.24, 2.45) is 4.99 Å². The van der Waals surface area contributed by atoms with Crippen LogP contribution in [0, 0.1) is 0 Å². The molecular weight excluding hydrogens is 184 g/mol. The average Bonchev–Trinajstić information content (AvgIpc) is 2.26. The summed E-state index contributed by atoms with van der Waals surface area (Å²) in [4.78, 5) is 5.94. The molecule has 0 radical (unpaired) electrons. The van der Waals surface area contributed by atoms with Gasteiger partial charge >= 0.3 is 0 Å². The molecule has 0 aliphatic rings. The topological polar surface area (TPSA) is 15.6 Å². The molecule has 2 nitrogen and oxygen atoms in total. The number of aliphatic imine (C=N–C) groups is 1. The second kappa shape index (κ2) is 13.1. The van der Waals surface area contributed by atoms with Crippen LogP contribution in [0.1, 0.15) is 27.2 Å². The summed E-state index contributed by atoms with van der Waals surface area (Å²) < 4.78 is 0. The molecule has 0 rings (SSSR count). The minimum absolute atomic E-state index is 0.852. The Labute approximate surface area is 95.4 Å². The molecule has 15 heavy (non-hydrogen) atoms. The van der Waals surface area contributed by atoms with E-state index in [1.807, 2.05) is 19.1 Å². The first kappa shape index (κ1) is 16.5. The zero-order chi connectivity index (χ0) is 12.1. The second-order valence-electron chi connectivity index (χ2n) is 3.35. The van der Waals surface area contributed by atoms with Gasteiger partial charge in [0.25, 0.3) is 0 Å². The van der Waals surface area contributed by atoms with Crippen LogP contribution in [0.2, 0.25) is 0 Å². The van der Waals surface area contributed by atoms with E-state index in [2.05, 4.69) is 44.1 Å². The monoisotopic (exact) mass is 210 g/mol. The molecule has 0 heterocycles. The van der Waals surface area contributed by atoms with Crippen molar-refractivity contribution in [1.82, 2.24) is 4.90 Å². The molecule has 0 unspecified atom stereocenters. The molecule has 0 amide bonds. The van der Waals surface area contributed by atoms with Crippen LogP contribution in [0.15, 0.2) is 29.3 Å². The third-order valence-electron chi connectivity index (χ3n) is 2.04. The SMILES string of the molecule is C=C(/C=C\C)CC.C=NCCN(C)CC. The van der Waals surface area contributed by atoms with Crippen molar-refractivity contribution in [2.45, 2.75) is 27.2 Å². The average molecular weight is 210 g/mol. The van der Waals surface area contributed by atoms with E-state index in [0.29, 0.717) is 0 Å². The van der Waals surface area contributed by atoms with Gasteiger partial charge in [0.1, 0.15) is 0 Å². The quantitative estimate of drug-likeness (QED) is 0.485. The van der Waals surface area contributed by atoms with Gasteiger partial charge in [-0.2, -0.15) is 0 Å². The van der Waals surface area contributed by atoms with Crippen molar-refractivity contribution in [2.75, 3.05) is 26.7 Å². The summed E-state index contributed by atoms with van der Waals surface area (Å²) in [5, 5.41) is 0. The molecule has 2 heteroatoms. The predicted molar refractivity (Wildman–Crippen MR) is 71.8 cm³/mol. The number of likely N-dealkylation sites (N-methyl/N-ethyl adjacent to an activating group) is 1. The van der Waals surface area contributed by atoms with Gasteiger partial charge in [0.05, 0.1) is 6.54 Å². The molecule has 0 saturated heterocycles. The van der Waals surface area contributed by atoms with Crippen LogP contribution in [0.4, 0.5) is 0 Å². The maximum atomic E-state index is 3.78. The molecule has 0 aromatic rings. The molecule has 0 saturated carbocycles. The lowest BCUT2D eigenvalue weighted by molar-refractivity contribution is 0.363. The van der Waals surface area contributed by atoms with Gasteiger partial charge in [0, 0.05) is 6.54 Å². The highest BCUT2D eigenvalue weighted by Crippen LogP contribution is 1.95. The highest BCUT2D eigenvalue weighted by atomic mass is 15.1. The van der Waals surface area contributed by atoms with Gasteiger partial charge in [-0.3, -0.25) is 4.99 Å². The highest BCUT2D eigenvalue weighted by Gasteiger charge is 1.88. The smallest absolute Gasteiger partial charge is 0.0509 e. The van der Waals surface area contributed by atoms with Gasteiger partial charge in [0.2, 0.25) is 0 Å². The van der Waals surface area contributed by atoms with Crippen molar-refractivity contribution in [1.29, 1.82) is 0 Å². The lowest BCUT2D eigenvalue weighted by Crippen LogP contribution is -2.20. The van der Waals surface area contributed by atoms with E-state index in [1.54, 1.807) is 0 Å². The molecule has 0 aromatic carbocycles. The van der Waals surface area contributed by atoms with Crippen LogP contribution in [0.3, 0.4) is 0 Å². The molecular formula is C13H26N2. The second-order valence-corrected chi connectivity index (χ2v) is 3.35. The van der Waals surface area contributed by atoms with Gasteiger partial charge in [0.15, 0.2) is 0 Å². The fourth-order valence-electron chi connectivity index (χ4n) is 0.753. The maximum Gasteiger partial charge on any atom is 0.0509 e. The number of nitrogens with zero attached hydrogens (tertiary/aromatic N) is 2. The fourth-order valence-corrected chi connectivity index (χ4v) is 0.753. The molecule has 0 fully saturated rings. The number of hydrogen-bond donors (Lipinski definition) is 0. The molecule has 0 aliphatic carbocycles. The normalized spacial score (nSPS) is 9.93. The van der Waals surface area contributed by atoms with E-state index in [0.717, 1.165) is 26.1 Å². The summed E-state index contributed by atoms with van der Waals surface area (Å²) in [6, 6.07) is 0. The Bertz CT molecular complexity index is 183. The van der Waals surface area contributed by atoms with E-state index in [4.69, 9.17) is 0 Å². The largest absolute Gasteiger partial charge is 0.305 e. The highest BCUT2D eigenvalue weighted by molar-refractivity contribution is 5.23.